The largest absolute Gasteiger partial charge is 0.261 e. The lowest BCUT2D eigenvalue weighted by Crippen LogP contribution is -1.83. The van der Waals surface area contributed by atoms with E-state index in [0.29, 0.717) is 5.69 Å². The highest BCUT2D eigenvalue weighted by molar-refractivity contribution is 5.00. The Morgan fingerprint density at radius 1 is 1.80 bits per heavy atom. The number of hydrogen-bond donors (Lipinski definition) is 0. The molecule has 0 atom stereocenters. The molecule has 1 aromatic heterocycles. The summed E-state index contributed by atoms with van der Waals surface area (Å²) >= 11 is 0. The molecular weight excluding hydrogens is 128 g/mol. The van der Waals surface area contributed by atoms with Crippen molar-refractivity contribution in [1.29, 1.82) is 0 Å². The number of hydrogen-bond acceptors (Lipinski definition) is 2. The first kappa shape index (κ1) is 6.58. The van der Waals surface area contributed by atoms with Crippen LogP contribution in [0.3, 0.4) is 0 Å². The van der Waals surface area contributed by atoms with Crippen LogP contribution in [0.15, 0.2) is 23.4 Å². The van der Waals surface area contributed by atoms with Gasteiger partial charge in [0.15, 0.2) is 0 Å². The average molecular weight is 133 g/mol. The second-order valence-electron chi connectivity index (χ2n) is 1.62. The third-order valence-corrected chi connectivity index (χ3v) is 0.946. The van der Waals surface area contributed by atoms with Crippen LogP contribution in [0, 0.1) is 6.07 Å². The minimum atomic E-state index is 0.275. The van der Waals surface area contributed by atoms with Crippen molar-refractivity contribution in [2.45, 2.75) is 6.54 Å². The topological polar surface area (TPSA) is 61.7 Å². The Bertz CT molecular complexity index is 237. The molecule has 10 heavy (non-hydrogen) atoms. The van der Waals surface area contributed by atoms with Crippen molar-refractivity contribution >= 4 is 0 Å². The van der Waals surface area contributed by atoms with Gasteiger partial charge in [-0.15, -0.1) is 0 Å². The van der Waals surface area contributed by atoms with Gasteiger partial charge in [-0.2, -0.15) is 0 Å². The van der Waals surface area contributed by atoms with Gasteiger partial charge in [-0.05, 0) is 11.6 Å². The van der Waals surface area contributed by atoms with Gasteiger partial charge < -0.3 is 0 Å². The van der Waals surface area contributed by atoms with Gasteiger partial charge in [-0.25, -0.2) is 0 Å². The first-order valence-electron chi connectivity index (χ1n) is 2.76. The van der Waals surface area contributed by atoms with Crippen molar-refractivity contribution in [2.75, 3.05) is 0 Å². The molecule has 0 bridgehead atoms. The van der Waals surface area contributed by atoms with Gasteiger partial charge in [0.05, 0.1) is 12.2 Å². The zero-order chi connectivity index (χ0) is 7.23. The molecule has 1 radical (unpaired) electrons. The zero-order valence-corrected chi connectivity index (χ0v) is 5.23. The molecule has 1 rings (SSSR count). The smallest absolute Gasteiger partial charge is 0.0690 e. The molecule has 4 nitrogen and oxygen atoms in total. The summed E-state index contributed by atoms with van der Waals surface area (Å²) in [5, 5.41) is 3.33. The van der Waals surface area contributed by atoms with Crippen LogP contribution >= 0.6 is 0 Å². The van der Waals surface area contributed by atoms with Gasteiger partial charge in [-0.1, -0.05) is 11.2 Å². The van der Waals surface area contributed by atoms with E-state index in [2.05, 4.69) is 21.1 Å². The molecule has 0 spiro atoms. The van der Waals surface area contributed by atoms with Crippen LogP contribution in [0.2, 0.25) is 0 Å². The third-order valence-electron chi connectivity index (χ3n) is 0.946. The minimum Gasteiger partial charge on any atom is -0.261 e. The highest BCUT2D eigenvalue weighted by Gasteiger charge is 1.86. The Morgan fingerprint density at radius 3 is 3.30 bits per heavy atom. The van der Waals surface area contributed by atoms with Crippen LogP contribution in [0.4, 0.5) is 0 Å². The molecule has 0 amide bonds. The Balaban J connectivity index is 2.67. The van der Waals surface area contributed by atoms with Gasteiger partial charge >= 0.3 is 0 Å². The lowest BCUT2D eigenvalue weighted by molar-refractivity contribution is 0.973. The van der Waals surface area contributed by atoms with E-state index in [1.165, 1.54) is 0 Å². The van der Waals surface area contributed by atoms with Crippen LogP contribution in [-0.4, -0.2) is 4.98 Å². The van der Waals surface area contributed by atoms with Crippen LogP contribution in [0.1, 0.15) is 5.69 Å². The van der Waals surface area contributed by atoms with Crippen molar-refractivity contribution in [2.24, 2.45) is 5.11 Å². The van der Waals surface area contributed by atoms with E-state index < -0.39 is 0 Å². The summed E-state index contributed by atoms with van der Waals surface area (Å²) in [6.07, 6.45) is 1.64. The summed E-state index contributed by atoms with van der Waals surface area (Å²) in [6, 6.07) is 6.32. The molecule has 4 heteroatoms. The first-order valence-corrected chi connectivity index (χ1v) is 2.76. The molecule has 0 fully saturated rings. The molecule has 0 saturated carbocycles. The van der Waals surface area contributed by atoms with Crippen LogP contribution in [0.5, 0.6) is 0 Å². The van der Waals surface area contributed by atoms with Crippen LogP contribution < -0.4 is 0 Å². The summed E-state index contributed by atoms with van der Waals surface area (Å²) in [4.78, 5) is 6.49. The summed E-state index contributed by atoms with van der Waals surface area (Å²) in [7, 11) is 0. The van der Waals surface area contributed by atoms with Gasteiger partial charge in [-0.3, -0.25) is 4.98 Å². The maximum Gasteiger partial charge on any atom is 0.0690 e. The fourth-order valence-electron chi connectivity index (χ4n) is 0.543. The molecule has 0 unspecified atom stereocenters. The highest BCUT2D eigenvalue weighted by atomic mass is 15.1. The molecule has 0 N–H and O–H groups in total. The lowest BCUT2D eigenvalue weighted by Gasteiger charge is -1.88. The molecule has 0 aliphatic rings. The van der Waals surface area contributed by atoms with Crippen LogP contribution in [-0.2, 0) is 6.54 Å². The highest BCUT2D eigenvalue weighted by Crippen LogP contribution is 1.93. The monoisotopic (exact) mass is 133 g/mol. The first-order chi connectivity index (χ1) is 4.93. The molecule has 0 aliphatic heterocycles. The minimum absolute atomic E-state index is 0.275. The van der Waals surface area contributed by atoms with E-state index >= 15 is 0 Å². The summed E-state index contributed by atoms with van der Waals surface area (Å²) in [6.45, 7) is 0.275. The number of aromatic nitrogens is 1. The maximum absolute atomic E-state index is 7.94. The number of rotatable bonds is 2. The fourth-order valence-corrected chi connectivity index (χ4v) is 0.543. The SMILES string of the molecule is [N-]=[N+]=NCc1[c]cccn1. The van der Waals surface area contributed by atoms with E-state index in [0.717, 1.165) is 0 Å². The fraction of sp³-hybridized carbons (Fsp3) is 0.167. The predicted octanol–water partition coefficient (Wildman–Crippen LogP) is 1.69. The third kappa shape index (κ3) is 1.76. The summed E-state index contributed by atoms with van der Waals surface area (Å²) < 4.78 is 0. The second-order valence-corrected chi connectivity index (χ2v) is 1.62. The molecule has 1 heterocycles. The summed E-state index contributed by atoms with van der Waals surface area (Å²) in [5.41, 5.74) is 8.61. The average Bonchev–Trinajstić information content (AvgIpc) is 2.03. The maximum atomic E-state index is 7.94. The Kier molecular flexibility index (Phi) is 2.29. The van der Waals surface area contributed by atoms with Gasteiger partial charge in [0.2, 0.25) is 0 Å². The second kappa shape index (κ2) is 3.48. The van der Waals surface area contributed by atoms with Crippen molar-refractivity contribution in [3.8, 4) is 0 Å². The van der Waals surface area contributed by atoms with Gasteiger partial charge in [0.25, 0.3) is 0 Å². The van der Waals surface area contributed by atoms with Crippen LogP contribution in [0.25, 0.3) is 10.4 Å². The molecule has 0 aliphatic carbocycles. The summed E-state index contributed by atoms with van der Waals surface area (Å²) in [5.74, 6) is 0. The quantitative estimate of drug-likeness (QED) is 0.344. The number of pyridine rings is 1. The lowest BCUT2D eigenvalue weighted by atomic mass is 10.4. The Labute approximate surface area is 58.1 Å². The molecular formula is C6H5N4. The standard InChI is InChI=1S/C6H5N4/c7-10-9-5-6-3-1-2-4-8-6/h1-2,4H,5H2. The van der Waals surface area contributed by atoms with E-state index in [1.54, 1.807) is 18.3 Å². The Morgan fingerprint density at radius 2 is 2.70 bits per heavy atom. The van der Waals surface area contributed by atoms with Gasteiger partial charge in [0, 0.05) is 17.2 Å². The zero-order valence-electron chi connectivity index (χ0n) is 5.23. The number of nitrogens with zero attached hydrogens (tertiary/aromatic N) is 4. The van der Waals surface area contributed by atoms with Crippen molar-refractivity contribution in [3.05, 3.63) is 40.5 Å². The molecule has 0 saturated heterocycles. The normalized spacial score (nSPS) is 8.40. The molecule has 1 aromatic rings. The van der Waals surface area contributed by atoms with E-state index in [9.17, 15) is 0 Å². The Hall–Kier alpha value is -1.54. The molecule has 0 aromatic carbocycles. The van der Waals surface area contributed by atoms with E-state index in [-0.39, 0.29) is 6.54 Å². The number of azide groups is 1. The van der Waals surface area contributed by atoms with Crippen molar-refractivity contribution < 1.29 is 0 Å². The van der Waals surface area contributed by atoms with Crippen molar-refractivity contribution in [1.82, 2.24) is 4.98 Å². The van der Waals surface area contributed by atoms with Crippen molar-refractivity contribution in [3.63, 3.8) is 0 Å². The molecule has 49 valence electrons. The predicted molar refractivity (Wildman–Crippen MR) is 35.9 cm³/mol. The van der Waals surface area contributed by atoms with E-state index in [4.69, 9.17) is 5.53 Å². The van der Waals surface area contributed by atoms with E-state index in [1.807, 2.05) is 0 Å². The van der Waals surface area contributed by atoms with Gasteiger partial charge in [0.1, 0.15) is 0 Å².